The van der Waals surface area contributed by atoms with Crippen molar-refractivity contribution in [2.75, 3.05) is 20.1 Å². The molecule has 0 unspecified atom stereocenters. The zero-order valence-corrected chi connectivity index (χ0v) is 9.29. The maximum Gasteiger partial charge on any atom is 0.236 e. The number of benzene rings is 1. The lowest BCUT2D eigenvalue weighted by molar-refractivity contribution is -0.131. The molecule has 0 atom stereocenters. The quantitative estimate of drug-likeness (QED) is 0.807. The lowest BCUT2D eigenvalue weighted by atomic mass is 9.99. The van der Waals surface area contributed by atoms with E-state index in [9.17, 15) is 9.18 Å². The fourth-order valence-corrected chi connectivity index (χ4v) is 2.00. The third-order valence-electron chi connectivity index (χ3n) is 2.86. The van der Waals surface area contributed by atoms with Crippen LogP contribution in [0.3, 0.4) is 0 Å². The molecule has 1 aromatic rings. The second-order valence-corrected chi connectivity index (χ2v) is 4.01. The first-order chi connectivity index (χ1) is 7.70. The average molecular weight is 222 g/mol. The molecular weight excluding hydrogens is 207 g/mol. The summed E-state index contributed by atoms with van der Waals surface area (Å²) in [5, 5.41) is 2.83. The average Bonchev–Trinajstić information content (AvgIpc) is 2.28. The summed E-state index contributed by atoms with van der Waals surface area (Å²) in [4.78, 5) is 13.4. The predicted octanol–water partition coefficient (Wildman–Crippen LogP) is 0.930. The highest BCUT2D eigenvalue weighted by Gasteiger charge is 2.20. The summed E-state index contributed by atoms with van der Waals surface area (Å²) in [6.07, 6.45) is 0.811. The molecular formula is C12H15FN2O. The van der Waals surface area contributed by atoms with Crippen LogP contribution in [0.15, 0.2) is 18.2 Å². The molecule has 0 saturated heterocycles. The number of rotatable bonds is 2. The molecule has 0 fully saturated rings. The summed E-state index contributed by atoms with van der Waals surface area (Å²) < 4.78 is 13.1. The Morgan fingerprint density at radius 1 is 1.50 bits per heavy atom. The SMILES string of the molecule is CNCC(=O)N1CCc2ccc(F)cc2C1. The first kappa shape index (κ1) is 11.1. The normalized spacial score (nSPS) is 14.8. The fourth-order valence-electron chi connectivity index (χ4n) is 2.00. The summed E-state index contributed by atoms with van der Waals surface area (Å²) in [5.41, 5.74) is 2.07. The monoisotopic (exact) mass is 222 g/mol. The molecule has 2 rings (SSSR count). The number of hydrogen-bond acceptors (Lipinski definition) is 2. The Morgan fingerprint density at radius 2 is 2.31 bits per heavy atom. The Labute approximate surface area is 94.3 Å². The van der Waals surface area contributed by atoms with Crippen molar-refractivity contribution in [1.29, 1.82) is 0 Å². The molecule has 1 aliphatic heterocycles. The van der Waals surface area contributed by atoms with E-state index in [4.69, 9.17) is 0 Å². The van der Waals surface area contributed by atoms with Gasteiger partial charge in [-0.1, -0.05) is 6.07 Å². The highest BCUT2D eigenvalue weighted by molar-refractivity contribution is 5.78. The van der Waals surface area contributed by atoms with Gasteiger partial charge in [-0.3, -0.25) is 4.79 Å². The third kappa shape index (κ3) is 2.22. The number of hydrogen-bond donors (Lipinski definition) is 1. The van der Waals surface area contributed by atoms with E-state index in [1.54, 1.807) is 11.9 Å². The number of carbonyl (C=O) groups is 1. The van der Waals surface area contributed by atoms with Crippen molar-refractivity contribution >= 4 is 5.91 Å². The summed E-state index contributed by atoms with van der Waals surface area (Å²) in [7, 11) is 1.75. The van der Waals surface area contributed by atoms with Gasteiger partial charge in [-0.25, -0.2) is 4.39 Å². The van der Waals surface area contributed by atoms with E-state index in [1.165, 1.54) is 12.1 Å². The largest absolute Gasteiger partial charge is 0.337 e. The molecule has 4 heteroatoms. The van der Waals surface area contributed by atoms with Crippen LogP contribution in [0.1, 0.15) is 11.1 Å². The van der Waals surface area contributed by atoms with Crippen molar-refractivity contribution in [3.8, 4) is 0 Å². The van der Waals surface area contributed by atoms with Crippen LogP contribution in [0.2, 0.25) is 0 Å². The van der Waals surface area contributed by atoms with Crippen LogP contribution in [-0.4, -0.2) is 30.9 Å². The summed E-state index contributed by atoms with van der Waals surface area (Å²) in [6, 6.07) is 4.81. The molecule has 1 amide bonds. The molecule has 1 N–H and O–H groups in total. The minimum Gasteiger partial charge on any atom is -0.337 e. The molecule has 3 nitrogen and oxygen atoms in total. The van der Waals surface area contributed by atoms with E-state index in [0.717, 1.165) is 24.1 Å². The molecule has 0 radical (unpaired) electrons. The van der Waals surface area contributed by atoms with Gasteiger partial charge in [-0.05, 0) is 36.7 Å². The van der Waals surface area contributed by atoms with Crippen LogP contribution in [0.25, 0.3) is 0 Å². The van der Waals surface area contributed by atoms with Gasteiger partial charge in [-0.2, -0.15) is 0 Å². The van der Waals surface area contributed by atoms with Crippen LogP contribution >= 0.6 is 0 Å². The van der Waals surface area contributed by atoms with Crippen LogP contribution < -0.4 is 5.32 Å². The van der Waals surface area contributed by atoms with E-state index in [0.29, 0.717) is 13.1 Å². The Kier molecular flexibility index (Phi) is 3.19. The molecule has 1 aromatic carbocycles. The van der Waals surface area contributed by atoms with Crippen molar-refractivity contribution in [2.45, 2.75) is 13.0 Å². The molecule has 0 spiro atoms. The zero-order valence-electron chi connectivity index (χ0n) is 9.29. The van der Waals surface area contributed by atoms with Crippen LogP contribution in [0.5, 0.6) is 0 Å². The Balaban J connectivity index is 2.13. The van der Waals surface area contributed by atoms with Gasteiger partial charge in [0.15, 0.2) is 0 Å². The first-order valence-corrected chi connectivity index (χ1v) is 5.40. The summed E-state index contributed by atoms with van der Waals surface area (Å²) in [5.74, 6) is -0.168. The van der Waals surface area contributed by atoms with Crippen molar-refractivity contribution < 1.29 is 9.18 Å². The minimum atomic E-state index is -0.235. The molecule has 86 valence electrons. The number of fused-ring (bicyclic) bond motifs is 1. The summed E-state index contributed by atoms with van der Waals surface area (Å²) >= 11 is 0. The highest BCUT2D eigenvalue weighted by atomic mass is 19.1. The molecule has 0 bridgehead atoms. The van der Waals surface area contributed by atoms with Crippen LogP contribution in [0.4, 0.5) is 4.39 Å². The minimum absolute atomic E-state index is 0.0670. The van der Waals surface area contributed by atoms with E-state index in [2.05, 4.69) is 5.32 Å². The van der Waals surface area contributed by atoms with Crippen molar-refractivity contribution in [3.63, 3.8) is 0 Å². The van der Waals surface area contributed by atoms with Crippen LogP contribution in [0, 0.1) is 5.82 Å². The standard InChI is InChI=1S/C12H15FN2O/c1-14-7-12(16)15-5-4-9-2-3-11(13)6-10(9)8-15/h2-3,6,14H,4-5,7-8H2,1H3. The van der Waals surface area contributed by atoms with Gasteiger partial charge in [0, 0.05) is 13.1 Å². The second kappa shape index (κ2) is 4.61. The van der Waals surface area contributed by atoms with E-state index < -0.39 is 0 Å². The van der Waals surface area contributed by atoms with Crippen molar-refractivity contribution in [2.24, 2.45) is 0 Å². The lowest BCUT2D eigenvalue weighted by Gasteiger charge is -2.28. The Bertz CT molecular complexity index is 406. The van der Waals surface area contributed by atoms with Gasteiger partial charge >= 0.3 is 0 Å². The van der Waals surface area contributed by atoms with E-state index in [1.807, 2.05) is 6.07 Å². The fraction of sp³-hybridized carbons (Fsp3) is 0.417. The molecule has 16 heavy (non-hydrogen) atoms. The number of carbonyl (C=O) groups excluding carboxylic acids is 1. The second-order valence-electron chi connectivity index (χ2n) is 4.01. The number of nitrogens with one attached hydrogen (secondary N) is 1. The molecule has 0 saturated carbocycles. The van der Waals surface area contributed by atoms with E-state index >= 15 is 0 Å². The predicted molar refractivity (Wildman–Crippen MR) is 59.4 cm³/mol. The first-order valence-electron chi connectivity index (χ1n) is 5.40. The van der Waals surface area contributed by atoms with E-state index in [-0.39, 0.29) is 11.7 Å². The smallest absolute Gasteiger partial charge is 0.236 e. The topological polar surface area (TPSA) is 32.3 Å². The van der Waals surface area contributed by atoms with Gasteiger partial charge in [0.1, 0.15) is 5.82 Å². The molecule has 1 aliphatic rings. The van der Waals surface area contributed by atoms with Gasteiger partial charge in [0.2, 0.25) is 5.91 Å². The van der Waals surface area contributed by atoms with Gasteiger partial charge < -0.3 is 10.2 Å². The third-order valence-corrected chi connectivity index (χ3v) is 2.86. The lowest BCUT2D eigenvalue weighted by Crippen LogP contribution is -2.40. The maximum absolute atomic E-state index is 13.1. The van der Waals surface area contributed by atoms with Gasteiger partial charge in [-0.15, -0.1) is 0 Å². The van der Waals surface area contributed by atoms with Gasteiger partial charge in [0.25, 0.3) is 0 Å². The van der Waals surface area contributed by atoms with Gasteiger partial charge in [0.05, 0.1) is 6.54 Å². The molecule has 1 heterocycles. The number of halogens is 1. The number of nitrogens with zero attached hydrogens (tertiary/aromatic N) is 1. The van der Waals surface area contributed by atoms with Crippen molar-refractivity contribution in [1.82, 2.24) is 10.2 Å². The molecule has 0 aromatic heterocycles. The van der Waals surface area contributed by atoms with Crippen molar-refractivity contribution in [3.05, 3.63) is 35.1 Å². The molecule has 0 aliphatic carbocycles. The number of likely N-dealkylation sites (N-methyl/N-ethyl adjacent to an activating group) is 1. The summed E-state index contributed by atoms with van der Waals surface area (Å²) in [6.45, 7) is 1.58. The zero-order chi connectivity index (χ0) is 11.5. The number of amides is 1. The maximum atomic E-state index is 13.1. The highest BCUT2D eigenvalue weighted by Crippen LogP contribution is 2.19. The Morgan fingerprint density at radius 3 is 3.06 bits per heavy atom. The Hall–Kier alpha value is -1.42. The van der Waals surface area contributed by atoms with Crippen LogP contribution in [-0.2, 0) is 17.8 Å².